The van der Waals surface area contributed by atoms with Gasteiger partial charge in [0.1, 0.15) is 23.1 Å². The van der Waals surface area contributed by atoms with Gasteiger partial charge in [0.15, 0.2) is 0 Å². The van der Waals surface area contributed by atoms with E-state index < -0.39 is 5.82 Å². The van der Waals surface area contributed by atoms with Gasteiger partial charge in [-0.25, -0.2) is 9.37 Å². The number of anilines is 1. The highest BCUT2D eigenvalue weighted by Crippen LogP contribution is 2.38. The van der Waals surface area contributed by atoms with Gasteiger partial charge in [-0.15, -0.1) is 0 Å². The van der Waals surface area contributed by atoms with Crippen LogP contribution in [-0.2, 0) is 6.54 Å². The monoisotopic (exact) mass is 532 g/mol. The van der Waals surface area contributed by atoms with Crippen molar-refractivity contribution in [3.05, 3.63) is 82.8 Å². The maximum absolute atomic E-state index is 14.2. The van der Waals surface area contributed by atoms with Crippen LogP contribution in [-0.4, -0.2) is 49.1 Å². The standard InChI is InChI=1S/C30H33FN4O4/c1-18-23(6-4-8-26(18)38-2)30(37)34-20-14-21-11-12-22(15-20)35(21)28-13-10-19(16-32-28)29(36)33-17-24-25(31)7-5-9-27(24)39-3/h4-10,13,16,20-22H,11-12,14-15,17H2,1-3H3,(H,33,36)(H,34,37). The molecule has 0 aliphatic carbocycles. The number of hydrogen-bond acceptors (Lipinski definition) is 6. The van der Waals surface area contributed by atoms with Crippen molar-refractivity contribution < 1.29 is 23.5 Å². The SMILES string of the molecule is COc1cccc(C(=O)NC2CC3CCC(C2)N3c2ccc(C(=O)NCc3c(F)cccc3OC)cn2)c1C. The van der Waals surface area contributed by atoms with Crippen LogP contribution in [0.3, 0.4) is 0 Å². The van der Waals surface area contributed by atoms with Crippen molar-refractivity contribution in [1.29, 1.82) is 0 Å². The Labute approximate surface area is 227 Å². The molecular weight excluding hydrogens is 499 g/mol. The summed E-state index contributed by atoms with van der Waals surface area (Å²) in [6.45, 7) is 1.90. The van der Waals surface area contributed by atoms with E-state index in [-0.39, 0.29) is 36.5 Å². The number of ether oxygens (including phenoxy) is 2. The van der Waals surface area contributed by atoms with Gasteiger partial charge in [0.2, 0.25) is 0 Å². The molecule has 2 saturated heterocycles. The van der Waals surface area contributed by atoms with E-state index in [1.807, 2.05) is 31.2 Å². The fourth-order valence-electron chi connectivity index (χ4n) is 5.86. The molecule has 2 aromatic carbocycles. The molecule has 3 heterocycles. The van der Waals surface area contributed by atoms with E-state index in [0.717, 1.165) is 37.1 Å². The maximum atomic E-state index is 14.2. The van der Waals surface area contributed by atoms with Crippen LogP contribution in [0.5, 0.6) is 11.5 Å². The molecule has 204 valence electrons. The third-order valence-electron chi connectivity index (χ3n) is 7.81. The van der Waals surface area contributed by atoms with E-state index in [1.54, 1.807) is 31.5 Å². The lowest BCUT2D eigenvalue weighted by molar-refractivity contribution is 0.0923. The molecule has 2 aliphatic heterocycles. The molecule has 3 aromatic rings. The van der Waals surface area contributed by atoms with E-state index in [1.165, 1.54) is 13.2 Å². The number of nitrogens with zero attached hydrogens (tertiary/aromatic N) is 2. The van der Waals surface area contributed by atoms with Crippen molar-refractivity contribution in [2.24, 2.45) is 0 Å². The molecule has 5 rings (SSSR count). The molecule has 2 amide bonds. The minimum Gasteiger partial charge on any atom is -0.496 e. The highest BCUT2D eigenvalue weighted by atomic mass is 19.1. The number of piperidine rings is 1. The Balaban J connectivity index is 1.20. The quantitative estimate of drug-likeness (QED) is 0.447. The number of hydrogen-bond donors (Lipinski definition) is 2. The first kappa shape index (κ1) is 26.5. The second-order valence-corrected chi connectivity index (χ2v) is 10.1. The Kier molecular flexibility index (Phi) is 7.67. The lowest BCUT2D eigenvalue weighted by Crippen LogP contribution is -2.50. The van der Waals surface area contributed by atoms with Gasteiger partial charge in [-0.3, -0.25) is 9.59 Å². The van der Waals surface area contributed by atoms with Gasteiger partial charge in [-0.05, 0) is 69.0 Å². The summed E-state index contributed by atoms with van der Waals surface area (Å²) in [5.41, 5.74) is 2.16. The number of methoxy groups -OCH3 is 2. The summed E-state index contributed by atoms with van der Waals surface area (Å²) < 4.78 is 24.7. The molecule has 8 nitrogen and oxygen atoms in total. The van der Waals surface area contributed by atoms with Crippen LogP contribution in [0.2, 0.25) is 0 Å². The molecule has 2 bridgehead atoms. The van der Waals surface area contributed by atoms with Crippen LogP contribution in [0.25, 0.3) is 0 Å². The molecule has 0 spiro atoms. The lowest BCUT2D eigenvalue weighted by Gasteiger charge is -2.40. The number of amides is 2. The Morgan fingerprint density at radius 3 is 2.33 bits per heavy atom. The Hall–Kier alpha value is -4.14. The van der Waals surface area contributed by atoms with E-state index in [4.69, 9.17) is 9.47 Å². The van der Waals surface area contributed by atoms with Gasteiger partial charge >= 0.3 is 0 Å². The summed E-state index contributed by atoms with van der Waals surface area (Å²) in [6.07, 6.45) is 5.29. The fourth-order valence-corrected chi connectivity index (χ4v) is 5.86. The fraction of sp³-hybridized carbons (Fsp3) is 0.367. The number of rotatable bonds is 8. The molecule has 1 aromatic heterocycles. The van der Waals surface area contributed by atoms with Crippen molar-refractivity contribution in [3.8, 4) is 11.5 Å². The lowest BCUT2D eigenvalue weighted by atomic mass is 9.96. The number of carbonyl (C=O) groups excluding carboxylic acids is 2. The van der Waals surface area contributed by atoms with Crippen LogP contribution >= 0.6 is 0 Å². The van der Waals surface area contributed by atoms with E-state index in [0.29, 0.717) is 28.2 Å². The summed E-state index contributed by atoms with van der Waals surface area (Å²) in [7, 11) is 3.07. The second kappa shape index (κ2) is 11.3. The maximum Gasteiger partial charge on any atom is 0.253 e. The molecule has 2 atom stereocenters. The normalized spacial score (nSPS) is 19.9. The molecule has 2 N–H and O–H groups in total. The molecular formula is C30H33FN4O4. The predicted octanol–water partition coefficient (Wildman–Crippen LogP) is 4.41. The van der Waals surface area contributed by atoms with Crippen LogP contribution in [0.4, 0.5) is 10.2 Å². The molecule has 39 heavy (non-hydrogen) atoms. The summed E-state index contributed by atoms with van der Waals surface area (Å²) in [5.74, 6) is 1.06. The van der Waals surface area contributed by atoms with E-state index >= 15 is 0 Å². The third-order valence-corrected chi connectivity index (χ3v) is 7.81. The Morgan fingerprint density at radius 2 is 1.67 bits per heavy atom. The largest absolute Gasteiger partial charge is 0.496 e. The van der Waals surface area contributed by atoms with Gasteiger partial charge in [-0.1, -0.05) is 12.1 Å². The smallest absolute Gasteiger partial charge is 0.253 e. The summed E-state index contributed by atoms with van der Waals surface area (Å²) >= 11 is 0. The first-order valence-electron chi connectivity index (χ1n) is 13.2. The molecule has 0 radical (unpaired) electrons. The zero-order valence-electron chi connectivity index (χ0n) is 22.4. The predicted molar refractivity (Wildman–Crippen MR) is 146 cm³/mol. The van der Waals surface area contributed by atoms with Crippen LogP contribution in [0.15, 0.2) is 54.7 Å². The minimum absolute atomic E-state index is 0.00903. The topological polar surface area (TPSA) is 92.8 Å². The molecule has 2 fully saturated rings. The number of nitrogens with one attached hydrogen (secondary N) is 2. The van der Waals surface area contributed by atoms with E-state index in [2.05, 4.69) is 20.5 Å². The van der Waals surface area contributed by atoms with E-state index in [9.17, 15) is 14.0 Å². The highest BCUT2D eigenvalue weighted by molar-refractivity contribution is 5.96. The third kappa shape index (κ3) is 5.39. The summed E-state index contributed by atoms with van der Waals surface area (Å²) in [4.78, 5) is 32.7. The molecule has 9 heteroatoms. The first-order chi connectivity index (χ1) is 18.9. The zero-order chi connectivity index (χ0) is 27.5. The molecule has 0 saturated carbocycles. The Bertz CT molecular complexity index is 1350. The van der Waals surface area contributed by atoms with Crippen molar-refractivity contribution in [3.63, 3.8) is 0 Å². The van der Waals surface area contributed by atoms with Crippen molar-refractivity contribution >= 4 is 17.6 Å². The average Bonchev–Trinajstić information content (AvgIpc) is 3.21. The number of aromatic nitrogens is 1. The van der Waals surface area contributed by atoms with Crippen molar-refractivity contribution in [1.82, 2.24) is 15.6 Å². The summed E-state index contributed by atoms with van der Waals surface area (Å²) in [5, 5.41) is 5.98. The zero-order valence-corrected chi connectivity index (χ0v) is 22.4. The highest BCUT2D eigenvalue weighted by Gasteiger charge is 2.42. The summed E-state index contributed by atoms with van der Waals surface area (Å²) in [6, 6.07) is 14.3. The van der Waals surface area contributed by atoms with Gasteiger partial charge in [0, 0.05) is 47.6 Å². The van der Waals surface area contributed by atoms with Gasteiger partial charge in [0.25, 0.3) is 11.8 Å². The van der Waals surface area contributed by atoms with Crippen LogP contribution < -0.4 is 25.0 Å². The first-order valence-corrected chi connectivity index (χ1v) is 13.2. The molecule has 2 unspecified atom stereocenters. The number of carbonyl (C=O) groups is 2. The van der Waals surface area contributed by atoms with Gasteiger partial charge < -0.3 is 25.0 Å². The Morgan fingerprint density at radius 1 is 0.974 bits per heavy atom. The van der Waals surface area contributed by atoms with Crippen LogP contribution in [0, 0.1) is 12.7 Å². The van der Waals surface area contributed by atoms with Crippen LogP contribution in [0.1, 0.15) is 57.5 Å². The number of halogens is 1. The number of pyridine rings is 1. The average molecular weight is 533 g/mol. The molecule has 2 aliphatic rings. The van der Waals surface area contributed by atoms with Gasteiger partial charge in [0.05, 0.1) is 19.8 Å². The second-order valence-electron chi connectivity index (χ2n) is 10.1. The van der Waals surface area contributed by atoms with Crippen molar-refractivity contribution in [2.75, 3.05) is 19.1 Å². The minimum atomic E-state index is -0.434. The number of benzene rings is 2. The number of fused-ring (bicyclic) bond motifs is 2. The van der Waals surface area contributed by atoms with Gasteiger partial charge in [-0.2, -0.15) is 0 Å². The van der Waals surface area contributed by atoms with Crippen molar-refractivity contribution in [2.45, 2.75) is 57.3 Å².